The molecule has 0 heterocycles. The molecule has 0 aliphatic heterocycles. The Bertz CT molecular complexity index is 970. The maximum Gasteiger partial charge on any atom is 0.185 e. The lowest BCUT2D eigenvalue weighted by molar-refractivity contribution is 0.104. The SMILES string of the molecule is C=CCc1c(/C=C/C(=O)c2ccc(OCCC)cc2)cc(OC(C)(C)C)cc1OC(C)(C)C. The van der Waals surface area contributed by atoms with Crippen LogP contribution in [-0.4, -0.2) is 23.6 Å². The van der Waals surface area contributed by atoms with Crippen LogP contribution < -0.4 is 14.2 Å². The van der Waals surface area contributed by atoms with E-state index < -0.39 is 0 Å². The first kappa shape index (κ1) is 26.2. The van der Waals surface area contributed by atoms with Gasteiger partial charge in [0.05, 0.1) is 6.61 Å². The summed E-state index contributed by atoms with van der Waals surface area (Å²) < 4.78 is 18.0. The molecule has 2 aromatic rings. The molecule has 0 atom stereocenters. The lowest BCUT2D eigenvalue weighted by Gasteiger charge is -2.27. The minimum absolute atomic E-state index is 0.0815. The summed E-state index contributed by atoms with van der Waals surface area (Å²) in [7, 11) is 0. The molecule has 33 heavy (non-hydrogen) atoms. The van der Waals surface area contributed by atoms with Crippen molar-refractivity contribution in [3.8, 4) is 17.2 Å². The normalized spacial score (nSPS) is 12.0. The zero-order valence-corrected chi connectivity index (χ0v) is 21.2. The second-order valence-corrected chi connectivity index (χ2v) is 9.98. The number of ketones is 1. The summed E-state index contributed by atoms with van der Waals surface area (Å²) in [6.45, 7) is 18.6. The maximum absolute atomic E-state index is 12.8. The van der Waals surface area contributed by atoms with Crippen LogP contribution in [0, 0.1) is 0 Å². The third kappa shape index (κ3) is 8.80. The number of allylic oxidation sites excluding steroid dienone is 2. The number of benzene rings is 2. The van der Waals surface area contributed by atoms with Gasteiger partial charge in [-0.3, -0.25) is 4.79 Å². The van der Waals surface area contributed by atoms with Gasteiger partial charge in [-0.2, -0.15) is 0 Å². The highest BCUT2D eigenvalue weighted by molar-refractivity contribution is 6.07. The van der Waals surface area contributed by atoms with Gasteiger partial charge in [0, 0.05) is 17.2 Å². The monoisotopic (exact) mass is 450 g/mol. The summed E-state index contributed by atoms with van der Waals surface area (Å²) in [5, 5.41) is 0. The first-order chi connectivity index (χ1) is 15.4. The number of ether oxygens (including phenoxy) is 3. The fourth-order valence-electron chi connectivity index (χ4n) is 3.18. The molecule has 0 bridgehead atoms. The quantitative estimate of drug-likeness (QED) is 0.214. The molecule has 0 fully saturated rings. The van der Waals surface area contributed by atoms with Crippen molar-refractivity contribution in [2.75, 3.05) is 6.61 Å². The lowest BCUT2D eigenvalue weighted by Crippen LogP contribution is -2.25. The average Bonchev–Trinajstić information content (AvgIpc) is 2.70. The van der Waals surface area contributed by atoms with Crippen LogP contribution in [0.5, 0.6) is 17.2 Å². The minimum Gasteiger partial charge on any atom is -0.494 e. The molecule has 0 aliphatic rings. The first-order valence-corrected chi connectivity index (χ1v) is 11.5. The van der Waals surface area contributed by atoms with Crippen molar-refractivity contribution in [3.05, 3.63) is 71.8 Å². The van der Waals surface area contributed by atoms with E-state index in [1.807, 2.05) is 78.0 Å². The Morgan fingerprint density at radius 2 is 1.58 bits per heavy atom. The van der Waals surface area contributed by atoms with Gasteiger partial charge in [-0.1, -0.05) is 19.1 Å². The Kier molecular flexibility index (Phi) is 8.92. The van der Waals surface area contributed by atoms with E-state index in [0.29, 0.717) is 24.3 Å². The van der Waals surface area contributed by atoms with E-state index in [0.717, 1.165) is 29.0 Å². The summed E-state index contributed by atoms with van der Waals surface area (Å²) in [6.07, 6.45) is 6.80. The van der Waals surface area contributed by atoms with Crippen LogP contribution in [-0.2, 0) is 6.42 Å². The molecular weight excluding hydrogens is 412 g/mol. The minimum atomic E-state index is -0.380. The van der Waals surface area contributed by atoms with Crippen molar-refractivity contribution in [3.63, 3.8) is 0 Å². The Balaban J connectivity index is 2.41. The fraction of sp³-hybridized carbons (Fsp3) is 0.414. The lowest BCUT2D eigenvalue weighted by atomic mass is 10.00. The molecule has 0 radical (unpaired) electrons. The largest absolute Gasteiger partial charge is 0.494 e. The van der Waals surface area contributed by atoms with Crippen LogP contribution in [0.3, 0.4) is 0 Å². The fourth-order valence-corrected chi connectivity index (χ4v) is 3.18. The molecule has 0 aromatic heterocycles. The number of rotatable bonds is 10. The Hall–Kier alpha value is -3.01. The van der Waals surface area contributed by atoms with Gasteiger partial charge in [-0.05, 0) is 96.4 Å². The molecule has 0 saturated heterocycles. The molecule has 4 heteroatoms. The molecule has 178 valence electrons. The van der Waals surface area contributed by atoms with Crippen LogP contribution in [0.1, 0.15) is 76.4 Å². The molecule has 2 aromatic carbocycles. The maximum atomic E-state index is 12.8. The molecule has 0 aliphatic carbocycles. The predicted molar refractivity (Wildman–Crippen MR) is 137 cm³/mol. The van der Waals surface area contributed by atoms with Crippen LogP contribution in [0.15, 0.2) is 55.1 Å². The van der Waals surface area contributed by atoms with Crippen molar-refractivity contribution < 1.29 is 19.0 Å². The van der Waals surface area contributed by atoms with E-state index in [2.05, 4.69) is 13.5 Å². The summed E-state index contributed by atoms with van der Waals surface area (Å²) in [5.41, 5.74) is 1.70. The summed E-state index contributed by atoms with van der Waals surface area (Å²) >= 11 is 0. The number of carbonyl (C=O) groups excluding carboxylic acids is 1. The van der Waals surface area contributed by atoms with E-state index >= 15 is 0 Å². The van der Waals surface area contributed by atoms with E-state index in [1.54, 1.807) is 18.2 Å². The molecule has 0 N–H and O–H groups in total. The van der Waals surface area contributed by atoms with E-state index in [9.17, 15) is 4.79 Å². The average molecular weight is 451 g/mol. The Labute approximate surface area is 199 Å². The summed E-state index contributed by atoms with van der Waals surface area (Å²) in [5.74, 6) is 2.11. The third-order valence-electron chi connectivity index (χ3n) is 4.43. The standard InChI is InChI=1S/C29H38O4/c1-9-11-25-22(14-17-26(30)21-12-15-23(16-13-21)31-18-10-2)19-24(32-28(3,4)5)20-27(25)33-29(6,7)8/h9,12-17,19-20H,1,10-11,18H2,2-8H3/b17-14+. The highest BCUT2D eigenvalue weighted by Gasteiger charge is 2.20. The van der Waals surface area contributed by atoms with Gasteiger partial charge in [-0.25, -0.2) is 0 Å². The number of carbonyl (C=O) groups is 1. The zero-order chi connectivity index (χ0) is 24.6. The third-order valence-corrected chi connectivity index (χ3v) is 4.43. The van der Waals surface area contributed by atoms with E-state index in [1.165, 1.54) is 0 Å². The highest BCUT2D eigenvalue weighted by atomic mass is 16.5. The van der Waals surface area contributed by atoms with Crippen LogP contribution >= 0.6 is 0 Å². The van der Waals surface area contributed by atoms with E-state index in [4.69, 9.17) is 14.2 Å². The van der Waals surface area contributed by atoms with Crippen molar-refractivity contribution in [2.45, 2.75) is 72.5 Å². The zero-order valence-electron chi connectivity index (χ0n) is 21.2. The summed E-state index contributed by atoms with van der Waals surface area (Å²) in [4.78, 5) is 12.8. The van der Waals surface area contributed by atoms with Crippen molar-refractivity contribution >= 4 is 11.9 Å². The topological polar surface area (TPSA) is 44.8 Å². The van der Waals surface area contributed by atoms with Crippen LogP contribution in [0.25, 0.3) is 6.08 Å². The molecule has 0 amide bonds. The van der Waals surface area contributed by atoms with Gasteiger partial charge in [0.2, 0.25) is 0 Å². The number of hydrogen-bond donors (Lipinski definition) is 0. The molecular formula is C29H38O4. The predicted octanol–water partition coefficient (Wildman–Crippen LogP) is 7.45. The molecule has 2 rings (SSSR count). The Morgan fingerprint density at radius 1 is 0.939 bits per heavy atom. The van der Waals surface area contributed by atoms with Crippen molar-refractivity contribution in [1.29, 1.82) is 0 Å². The van der Waals surface area contributed by atoms with Gasteiger partial charge in [-0.15, -0.1) is 6.58 Å². The van der Waals surface area contributed by atoms with Crippen molar-refractivity contribution in [2.24, 2.45) is 0 Å². The molecule has 0 unspecified atom stereocenters. The van der Waals surface area contributed by atoms with Crippen LogP contribution in [0.4, 0.5) is 0 Å². The van der Waals surface area contributed by atoms with Gasteiger partial charge >= 0.3 is 0 Å². The molecule has 0 saturated carbocycles. The second-order valence-electron chi connectivity index (χ2n) is 9.98. The van der Waals surface area contributed by atoms with Gasteiger partial charge in [0.15, 0.2) is 5.78 Å². The van der Waals surface area contributed by atoms with Gasteiger partial charge in [0.1, 0.15) is 28.5 Å². The highest BCUT2D eigenvalue weighted by Crippen LogP contribution is 2.34. The number of hydrogen-bond acceptors (Lipinski definition) is 4. The van der Waals surface area contributed by atoms with Crippen LogP contribution in [0.2, 0.25) is 0 Å². The van der Waals surface area contributed by atoms with Gasteiger partial charge < -0.3 is 14.2 Å². The molecule has 4 nitrogen and oxygen atoms in total. The first-order valence-electron chi connectivity index (χ1n) is 11.5. The summed E-state index contributed by atoms with van der Waals surface area (Å²) in [6, 6.07) is 11.1. The Morgan fingerprint density at radius 3 is 2.12 bits per heavy atom. The van der Waals surface area contributed by atoms with Gasteiger partial charge in [0.25, 0.3) is 0 Å². The van der Waals surface area contributed by atoms with E-state index in [-0.39, 0.29) is 17.0 Å². The second kappa shape index (κ2) is 11.2. The molecule has 0 spiro atoms. The van der Waals surface area contributed by atoms with Crippen molar-refractivity contribution in [1.82, 2.24) is 0 Å². The smallest absolute Gasteiger partial charge is 0.185 e.